The molecule has 0 aliphatic rings. The lowest BCUT2D eigenvalue weighted by Crippen LogP contribution is -2.21. The van der Waals surface area contributed by atoms with Crippen LogP contribution in [0.2, 0.25) is 0 Å². The number of nitrogens with two attached hydrogens (primary N) is 1. The number of aromatic nitrogens is 1. The highest BCUT2D eigenvalue weighted by Gasteiger charge is 2.13. The van der Waals surface area contributed by atoms with E-state index in [1.165, 1.54) is 12.3 Å². The minimum absolute atomic E-state index is 0.00900. The van der Waals surface area contributed by atoms with Crippen LogP contribution in [0, 0.1) is 18.6 Å². The Morgan fingerprint density at radius 1 is 1.36 bits per heavy atom. The molecule has 0 unspecified atom stereocenters. The van der Waals surface area contributed by atoms with Gasteiger partial charge in [0.15, 0.2) is 11.4 Å². The highest BCUT2D eigenvalue weighted by atomic mass is 32.1. The molecule has 0 spiro atoms. The minimum Gasteiger partial charge on any atom is -0.436 e. The number of rotatable bonds is 3. The number of hydrogen-bond acceptors (Lipinski definition) is 5. The molecule has 0 bridgehead atoms. The Morgan fingerprint density at radius 3 is 2.76 bits per heavy atom. The summed E-state index contributed by atoms with van der Waals surface area (Å²) in [6.45, 7) is 1.47. The van der Waals surface area contributed by atoms with E-state index in [-0.39, 0.29) is 28.4 Å². The Bertz CT molecular complexity index is 1060. The predicted octanol–water partition coefficient (Wildman–Crippen LogP) is 2.77. The average molecular weight is 361 g/mol. The van der Waals surface area contributed by atoms with E-state index in [1.807, 2.05) is 0 Å². The van der Waals surface area contributed by atoms with E-state index in [9.17, 15) is 13.9 Å². The van der Waals surface area contributed by atoms with Crippen molar-refractivity contribution < 1.29 is 18.3 Å². The molecule has 128 valence electrons. The largest absolute Gasteiger partial charge is 0.436 e. The summed E-state index contributed by atoms with van der Waals surface area (Å²) in [6.07, 6.45) is 1.52. The SMILES string of the molecule is Cc1ncc(CO)c2cc(C(N)=S)c(=Nc3ccc(F)cc3F)oc12. The Morgan fingerprint density at radius 2 is 2.12 bits per heavy atom. The molecule has 8 heteroatoms. The molecule has 3 aromatic rings. The van der Waals surface area contributed by atoms with Crippen molar-refractivity contribution in [3.05, 3.63) is 64.5 Å². The minimum atomic E-state index is -0.844. The fourth-order valence-corrected chi connectivity index (χ4v) is 2.50. The van der Waals surface area contributed by atoms with Crippen molar-refractivity contribution in [2.45, 2.75) is 13.5 Å². The monoisotopic (exact) mass is 361 g/mol. The van der Waals surface area contributed by atoms with Gasteiger partial charge < -0.3 is 15.3 Å². The maximum atomic E-state index is 13.9. The van der Waals surface area contributed by atoms with E-state index in [4.69, 9.17) is 22.4 Å². The van der Waals surface area contributed by atoms with E-state index in [1.54, 1.807) is 13.0 Å². The summed E-state index contributed by atoms with van der Waals surface area (Å²) in [7, 11) is 0. The van der Waals surface area contributed by atoms with Gasteiger partial charge in [0.2, 0.25) is 5.55 Å². The number of aliphatic hydroxyl groups excluding tert-OH is 1. The van der Waals surface area contributed by atoms with Crippen LogP contribution in [-0.4, -0.2) is 15.1 Å². The molecule has 2 heterocycles. The standard InChI is InChI=1S/C17H13F2N3O2S/c1-8-15-11(9(7-23)6-21-8)5-12(16(20)25)17(24-15)22-14-3-2-10(18)4-13(14)19/h2-6,23H,7H2,1H3,(H2,20,25). The predicted molar refractivity (Wildman–Crippen MR) is 92.1 cm³/mol. The molecular weight excluding hydrogens is 348 g/mol. The van der Waals surface area contributed by atoms with Gasteiger partial charge in [-0.3, -0.25) is 4.98 Å². The van der Waals surface area contributed by atoms with Gasteiger partial charge in [0.25, 0.3) is 0 Å². The quantitative estimate of drug-likeness (QED) is 0.701. The lowest BCUT2D eigenvalue weighted by atomic mass is 10.1. The van der Waals surface area contributed by atoms with Crippen LogP contribution >= 0.6 is 12.2 Å². The molecule has 2 aromatic heterocycles. The van der Waals surface area contributed by atoms with Crippen molar-refractivity contribution in [2.75, 3.05) is 0 Å². The van der Waals surface area contributed by atoms with Gasteiger partial charge in [-0.15, -0.1) is 0 Å². The summed E-state index contributed by atoms with van der Waals surface area (Å²) >= 11 is 5.02. The third kappa shape index (κ3) is 3.26. The van der Waals surface area contributed by atoms with Crippen LogP contribution in [0.25, 0.3) is 11.0 Å². The highest BCUT2D eigenvalue weighted by molar-refractivity contribution is 7.80. The highest BCUT2D eigenvalue weighted by Crippen LogP contribution is 2.22. The zero-order valence-corrected chi connectivity index (χ0v) is 13.9. The fourth-order valence-electron chi connectivity index (χ4n) is 2.36. The van der Waals surface area contributed by atoms with Crippen LogP contribution in [0.4, 0.5) is 14.5 Å². The number of fused-ring (bicyclic) bond motifs is 1. The third-order valence-corrected chi connectivity index (χ3v) is 3.84. The first-order valence-electron chi connectivity index (χ1n) is 7.23. The van der Waals surface area contributed by atoms with Gasteiger partial charge in [0, 0.05) is 23.2 Å². The van der Waals surface area contributed by atoms with Gasteiger partial charge in [0.05, 0.1) is 17.9 Å². The first-order chi connectivity index (χ1) is 11.9. The summed E-state index contributed by atoms with van der Waals surface area (Å²) in [5.74, 6) is -1.56. The fraction of sp³-hybridized carbons (Fsp3) is 0.118. The van der Waals surface area contributed by atoms with Crippen LogP contribution in [0.1, 0.15) is 16.8 Å². The first kappa shape index (κ1) is 17.1. The number of hydrogen-bond donors (Lipinski definition) is 2. The van der Waals surface area contributed by atoms with Crippen molar-refractivity contribution >= 4 is 33.9 Å². The molecule has 0 saturated carbocycles. The van der Waals surface area contributed by atoms with E-state index in [2.05, 4.69) is 9.98 Å². The van der Waals surface area contributed by atoms with Crippen LogP contribution in [0.3, 0.4) is 0 Å². The van der Waals surface area contributed by atoms with Gasteiger partial charge in [-0.25, -0.2) is 13.8 Å². The molecule has 3 rings (SSSR count). The molecule has 3 N–H and O–H groups in total. The molecule has 0 fully saturated rings. The van der Waals surface area contributed by atoms with Gasteiger partial charge in [-0.05, 0) is 25.1 Å². The normalized spacial score (nSPS) is 11.9. The second-order valence-corrected chi connectivity index (χ2v) is 5.75. The molecule has 0 atom stereocenters. The Labute approximate surface area is 146 Å². The number of halogens is 2. The smallest absolute Gasteiger partial charge is 0.230 e. The number of benzene rings is 1. The number of nitrogens with zero attached hydrogens (tertiary/aromatic N) is 2. The maximum Gasteiger partial charge on any atom is 0.230 e. The summed E-state index contributed by atoms with van der Waals surface area (Å²) in [6, 6.07) is 4.60. The average Bonchev–Trinajstić information content (AvgIpc) is 2.57. The van der Waals surface area contributed by atoms with Crippen LogP contribution < -0.4 is 11.3 Å². The molecule has 0 aliphatic heterocycles. The number of aliphatic hydroxyl groups is 1. The van der Waals surface area contributed by atoms with Gasteiger partial charge in [0.1, 0.15) is 16.5 Å². The van der Waals surface area contributed by atoms with Crippen LogP contribution in [-0.2, 0) is 6.61 Å². The summed E-state index contributed by atoms with van der Waals surface area (Å²) in [5, 5.41) is 10.0. The molecule has 0 aliphatic carbocycles. The van der Waals surface area contributed by atoms with Crippen LogP contribution in [0.15, 0.2) is 39.9 Å². The van der Waals surface area contributed by atoms with Gasteiger partial charge in [-0.2, -0.15) is 0 Å². The number of thiocarbonyl (C=S) groups is 1. The molecule has 5 nitrogen and oxygen atoms in total. The summed E-state index contributed by atoms with van der Waals surface area (Å²) in [5.41, 5.74) is 7.31. The third-order valence-electron chi connectivity index (χ3n) is 3.62. The lowest BCUT2D eigenvalue weighted by Gasteiger charge is -2.08. The molecule has 0 amide bonds. The molecule has 0 radical (unpaired) electrons. The van der Waals surface area contributed by atoms with Gasteiger partial charge in [-0.1, -0.05) is 12.2 Å². The van der Waals surface area contributed by atoms with Crippen molar-refractivity contribution in [2.24, 2.45) is 10.7 Å². The summed E-state index contributed by atoms with van der Waals surface area (Å²) < 4.78 is 32.7. The van der Waals surface area contributed by atoms with E-state index in [0.717, 1.165) is 12.1 Å². The second kappa shape index (κ2) is 6.66. The zero-order valence-electron chi connectivity index (χ0n) is 13.1. The van der Waals surface area contributed by atoms with Crippen LogP contribution in [0.5, 0.6) is 0 Å². The van der Waals surface area contributed by atoms with Crippen molar-refractivity contribution in [3.8, 4) is 0 Å². The lowest BCUT2D eigenvalue weighted by molar-refractivity contribution is 0.282. The van der Waals surface area contributed by atoms with Gasteiger partial charge >= 0.3 is 0 Å². The first-order valence-corrected chi connectivity index (χ1v) is 7.64. The molecule has 25 heavy (non-hydrogen) atoms. The Balaban J connectivity index is 2.37. The van der Waals surface area contributed by atoms with E-state index in [0.29, 0.717) is 22.2 Å². The Hall–Kier alpha value is -2.71. The molecule has 1 aromatic carbocycles. The number of pyridine rings is 1. The van der Waals surface area contributed by atoms with E-state index >= 15 is 0 Å². The second-order valence-electron chi connectivity index (χ2n) is 5.31. The molecular formula is C17H13F2N3O2S. The number of aryl methyl sites for hydroxylation is 1. The van der Waals surface area contributed by atoms with Crippen molar-refractivity contribution in [1.29, 1.82) is 0 Å². The van der Waals surface area contributed by atoms with Crippen molar-refractivity contribution in [1.82, 2.24) is 4.98 Å². The topological polar surface area (TPSA) is 84.6 Å². The van der Waals surface area contributed by atoms with Crippen molar-refractivity contribution in [3.63, 3.8) is 0 Å². The van der Waals surface area contributed by atoms with E-state index < -0.39 is 11.6 Å². The maximum absolute atomic E-state index is 13.9. The molecule has 0 saturated heterocycles. The Kier molecular flexibility index (Phi) is 4.56. The zero-order chi connectivity index (χ0) is 18.1. The summed E-state index contributed by atoms with van der Waals surface area (Å²) in [4.78, 5) is 8.22.